The molecule has 16 heteroatoms. The molecule has 0 amide bonds. The molecule has 0 heterocycles. The van der Waals surface area contributed by atoms with Crippen LogP contribution in [0.25, 0.3) is 10.8 Å². The van der Waals surface area contributed by atoms with Crippen molar-refractivity contribution in [2.45, 2.75) is 14.7 Å². The summed E-state index contributed by atoms with van der Waals surface area (Å²) in [5.74, 6) is -1.42. The van der Waals surface area contributed by atoms with Gasteiger partial charge in [0.05, 0.1) is 27.8 Å². The highest BCUT2D eigenvalue weighted by Gasteiger charge is 2.25. The van der Waals surface area contributed by atoms with Crippen LogP contribution in [0.4, 0.5) is 17.1 Å². The van der Waals surface area contributed by atoms with Crippen molar-refractivity contribution in [2.75, 3.05) is 18.1 Å². The van der Waals surface area contributed by atoms with Crippen LogP contribution in [-0.4, -0.2) is 56.9 Å². The molecule has 13 nitrogen and oxygen atoms in total. The van der Waals surface area contributed by atoms with Gasteiger partial charge in [0.2, 0.25) is 0 Å². The van der Waals surface area contributed by atoms with Gasteiger partial charge in [-0.2, -0.15) is 21.9 Å². The van der Waals surface area contributed by atoms with Gasteiger partial charge in [-0.15, -0.1) is 5.11 Å². The molecule has 0 aliphatic rings. The van der Waals surface area contributed by atoms with Crippen LogP contribution in [0.15, 0.2) is 67.4 Å². The van der Waals surface area contributed by atoms with Crippen LogP contribution in [-0.2, 0) is 30.1 Å². The van der Waals surface area contributed by atoms with Crippen LogP contribution >= 0.6 is 0 Å². The lowest BCUT2D eigenvalue weighted by atomic mass is 10.1. The Kier molecular flexibility index (Phi) is 6.66. The summed E-state index contributed by atoms with van der Waals surface area (Å²) in [5, 5.41) is 26.4. The van der Waals surface area contributed by atoms with Gasteiger partial charge in [-0.3, -0.25) is 9.11 Å². The Morgan fingerprint density at radius 1 is 0.853 bits per heavy atom. The van der Waals surface area contributed by atoms with Gasteiger partial charge in [0.1, 0.15) is 10.6 Å². The fourth-order valence-electron chi connectivity index (χ4n) is 3.02. The van der Waals surface area contributed by atoms with Crippen molar-refractivity contribution in [3.8, 4) is 5.75 Å². The SMILES string of the molecule is Nc1cc(S(=O)(=O)O)cc2cc(S(=O)(=O)O)c(N=Nc3cccc(S(=O)(=O)CCO)c3)c(O)c12. The topological polar surface area (TPSA) is 234 Å². The predicted molar refractivity (Wildman–Crippen MR) is 119 cm³/mol. The number of fused-ring (bicyclic) bond motifs is 1. The van der Waals surface area contributed by atoms with Crippen molar-refractivity contribution in [3.05, 3.63) is 42.5 Å². The van der Waals surface area contributed by atoms with Crippen LogP contribution < -0.4 is 5.73 Å². The molecule has 0 aliphatic carbocycles. The van der Waals surface area contributed by atoms with E-state index in [4.69, 9.17) is 10.8 Å². The minimum Gasteiger partial charge on any atom is -0.505 e. The number of phenols is 1. The predicted octanol–water partition coefficient (Wildman–Crippen LogP) is 1.80. The Labute approximate surface area is 193 Å². The van der Waals surface area contributed by atoms with Crippen LogP contribution in [0.2, 0.25) is 0 Å². The highest BCUT2D eigenvalue weighted by Crippen LogP contribution is 2.44. The maximum Gasteiger partial charge on any atom is 0.296 e. The summed E-state index contributed by atoms with van der Waals surface area (Å²) in [4.78, 5) is -1.84. The van der Waals surface area contributed by atoms with Gasteiger partial charge < -0.3 is 15.9 Å². The molecule has 34 heavy (non-hydrogen) atoms. The quantitative estimate of drug-likeness (QED) is 0.167. The first-order valence-corrected chi connectivity index (χ1v) is 13.6. The van der Waals surface area contributed by atoms with Gasteiger partial charge >= 0.3 is 0 Å². The summed E-state index contributed by atoms with van der Waals surface area (Å²) in [5.41, 5.74) is 4.58. The second kappa shape index (κ2) is 8.90. The van der Waals surface area contributed by atoms with Gasteiger partial charge in [-0.05, 0) is 41.8 Å². The summed E-state index contributed by atoms with van der Waals surface area (Å²) in [7, 11) is -13.6. The lowest BCUT2D eigenvalue weighted by Gasteiger charge is -2.12. The van der Waals surface area contributed by atoms with Crippen molar-refractivity contribution in [3.63, 3.8) is 0 Å². The number of aliphatic hydroxyl groups excluding tert-OH is 1. The molecule has 182 valence electrons. The van der Waals surface area contributed by atoms with Crippen LogP contribution in [0.5, 0.6) is 5.75 Å². The number of sulfone groups is 1. The minimum atomic E-state index is -5.04. The number of benzene rings is 3. The second-order valence-electron chi connectivity index (χ2n) is 6.87. The number of aliphatic hydroxyl groups is 1. The average Bonchev–Trinajstić information content (AvgIpc) is 2.71. The molecule has 0 saturated carbocycles. The van der Waals surface area contributed by atoms with Crippen molar-refractivity contribution in [1.82, 2.24) is 0 Å². The summed E-state index contributed by atoms with van der Waals surface area (Å²) < 4.78 is 89.8. The van der Waals surface area contributed by atoms with Crippen molar-refractivity contribution < 1.29 is 44.6 Å². The number of nitrogens with two attached hydrogens (primary N) is 1. The Balaban J connectivity index is 2.24. The van der Waals surface area contributed by atoms with E-state index >= 15 is 0 Å². The van der Waals surface area contributed by atoms with E-state index in [1.54, 1.807) is 0 Å². The first-order valence-electron chi connectivity index (χ1n) is 9.05. The van der Waals surface area contributed by atoms with Gasteiger partial charge in [0.25, 0.3) is 20.2 Å². The zero-order valence-corrected chi connectivity index (χ0v) is 19.3. The molecule has 0 aliphatic heterocycles. The van der Waals surface area contributed by atoms with E-state index in [1.807, 2.05) is 0 Å². The second-order valence-corrected chi connectivity index (χ2v) is 11.8. The number of aromatic hydroxyl groups is 1. The average molecular weight is 532 g/mol. The van der Waals surface area contributed by atoms with E-state index in [0.717, 1.165) is 24.3 Å². The van der Waals surface area contributed by atoms with E-state index < -0.39 is 63.7 Å². The Hall–Kier alpha value is -3.15. The molecule has 0 atom stereocenters. The number of rotatable bonds is 7. The lowest BCUT2D eigenvalue weighted by molar-refractivity contribution is 0.319. The molecule has 0 radical (unpaired) electrons. The van der Waals surface area contributed by atoms with Gasteiger partial charge in [0, 0.05) is 11.1 Å². The van der Waals surface area contributed by atoms with Crippen LogP contribution in [0.3, 0.4) is 0 Å². The molecule has 6 N–H and O–H groups in total. The zero-order valence-electron chi connectivity index (χ0n) is 16.9. The van der Waals surface area contributed by atoms with E-state index in [-0.39, 0.29) is 27.0 Å². The van der Waals surface area contributed by atoms with Crippen LogP contribution in [0, 0.1) is 0 Å². The zero-order chi connectivity index (χ0) is 25.5. The highest BCUT2D eigenvalue weighted by atomic mass is 32.2. The molecule has 3 aromatic rings. The van der Waals surface area contributed by atoms with Crippen molar-refractivity contribution in [2.24, 2.45) is 10.2 Å². The number of azo groups is 1. The summed E-state index contributed by atoms with van der Waals surface area (Å²) in [6, 6.07) is 7.39. The van der Waals surface area contributed by atoms with Gasteiger partial charge in [-0.1, -0.05) is 6.07 Å². The van der Waals surface area contributed by atoms with E-state index in [0.29, 0.717) is 0 Å². The largest absolute Gasteiger partial charge is 0.505 e. The number of anilines is 1. The van der Waals surface area contributed by atoms with E-state index in [9.17, 15) is 39.5 Å². The number of nitrogens with zero attached hydrogens (tertiary/aromatic N) is 2. The first kappa shape index (κ1) is 25.5. The number of hydrogen-bond donors (Lipinski definition) is 5. The maximum absolute atomic E-state index is 12.1. The molecule has 0 aromatic heterocycles. The Morgan fingerprint density at radius 2 is 1.53 bits per heavy atom. The smallest absolute Gasteiger partial charge is 0.296 e. The van der Waals surface area contributed by atoms with Gasteiger partial charge in [0.15, 0.2) is 15.6 Å². The van der Waals surface area contributed by atoms with E-state index in [2.05, 4.69) is 10.2 Å². The van der Waals surface area contributed by atoms with Crippen LogP contribution in [0.1, 0.15) is 0 Å². The molecule has 0 fully saturated rings. The number of phenolic OH excluding ortho intramolecular Hbond substituents is 1. The fourth-order valence-corrected chi connectivity index (χ4v) is 5.29. The first-order chi connectivity index (χ1) is 15.6. The summed E-state index contributed by atoms with van der Waals surface area (Å²) >= 11 is 0. The third kappa shape index (κ3) is 5.16. The molecule has 0 saturated heterocycles. The number of hydrogen-bond acceptors (Lipinski definition) is 11. The normalized spacial score (nSPS) is 13.0. The monoisotopic (exact) mass is 531 g/mol. The minimum absolute atomic E-state index is 0.0745. The van der Waals surface area contributed by atoms with Gasteiger partial charge in [-0.25, -0.2) is 8.42 Å². The Morgan fingerprint density at radius 3 is 2.12 bits per heavy atom. The third-order valence-corrected chi connectivity index (χ3v) is 7.92. The number of nitrogen functional groups attached to an aromatic ring is 1. The third-order valence-electron chi connectivity index (χ3n) is 4.53. The molecule has 0 spiro atoms. The lowest BCUT2D eigenvalue weighted by Crippen LogP contribution is -2.09. The maximum atomic E-state index is 12.1. The molecule has 0 bridgehead atoms. The van der Waals surface area contributed by atoms with Crippen molar-refractivity contribution in [1.29, 1.82) is 0 Å². The van der Waals surface area contributed by atoms with E-state index in [1.165, 1.54) is 18.2 Å². The Bertz CT molecular complexity index is 1650. The fraction of sp³-hybridized carbons (Fsp3) is 0.111. The molecule has 3 aromatic carbocycles. The molecular weight excluding hydrogens is 514 g/mol. The molecule has 3 rings (SSSR count). The standard InChI is InChI=1S/C18H17N3O10S3/c19-14-9-13(33(26,27)28)6-10-7-15(34(29,30)31)17(18(23)16(10)14)21-20-11-2-1-3-12(8-11)32(24,25)5-4-22/h1-3,6-9,22-23H,4-5,19H2,(H,26,27,28)(H,29,30,31). The molecular formula is C18H17N3O10S3. The summed E-state index contributed by atoms with van der Waals surface area (Å²) in [6.07, 6.45) is 0. The molecule has 0 unspecified atom stereocenters. The van der Waals surface area contributed by atoms with Crippen molar-refractivity contribution >= 4 is 57.9 Å². The highest BCUT2D eigenvalue weighted by molar-refractivity contribution is 7.91. The summed E-state index contributed by atoms with van der Waals surface area (Å²) in [6.45, 7) is -0.614.